The van der Waals surface area contributed by atoms with Crippen LogP contribution in [0, 0.1) is 6.92 Å². The Hall–Kier alpha value is -2.75. The van der Waals surface area contributed by atoms with Gasteiger partial charge in [0.1, 0.15) is 6.04 Å². The van der Waals surface area contributed by atoms with Crippen molar-refractivity contribution in [2.75, 3.05) is 13.7 Å². The van der Waals surface area contributed by atoms with E-state index in [9.17, 15) is 23.1 Å². The number of hydrogen-bond acceptors (Lipinski definition) is 6. The summed E-state index contributed by atoms with van der Waals surface area (Å²) < 4.78 is 32.1. The van der Waals surface area contributed by atoms with E-state index in [-0.39, 0.29) is 4.90 Å². The van der Waals surface area contributed by atoms with Gasteiger partial charge in [0.25, 0.3) is 5.91 Å². The molecule has 0 radical (unpaired) electrons. The number of aliphatic hydroxyl groups is 1. The molecule has 0 aliphatic heterocycles. The number of sulfonamides is 1. The first-order chi connectivity index (χ1) is 14.1. The zero-order valence-corrected chi connectivity index (χ0v) is 17.9. The van der Waals surface area contributed by atoms with Crippen LogP contribution < -0.4 is 4.72 Å². The Kier molecular flexibility index (Phi) is 8.10. The number of ether oxygens (including phenoxy) is 1. The van der Waals surface area contributed by atoms with E-state index in [0.29, 0.717) is 6.54 Å². The van der Waals surface area contributed by atoms with Gasteiger partial charge in [-0.05, 0) is 31.5 Å². The first-order valence-corrected chi connectivity index (χ1v) is 10.8. The fraction of sp³-hybridized carbons (Fsp3) is 0.333. The van der Waals surface area contributed by atoms with Crippen LogP contribution in [0.25, 0.3) is 0 Å². The summed E-state index contributed by atoms with van der Waals surface area (Å²) in [7, 11) is -2.50. The van der Waals surface area contributed by atoms with E-state index < -0.39 is 40.7 Å². The number of aryl methyl sites for hydroxylation is 1. The number of carbonyl (C=O) groups excluding carboxylic acids is 2. The minimum atomic E-state index is -4.07. The van der Waals surface area contributed by atoms with Gasteiger partial charge in [0.05, 0.1) is 11.0 Å². The second kappa shape index (κ2) is 10.3. The van der Waals surface area contributed by atoms with Gasteiger partial charge in [0.15, 0.2) is 6.61 Å². The number of aliphatic hydroxyl groups excluding tert-OH is 1. The molecule has 0 unspecified atom stereocenters. The number of hydrogen-bond donors (Lipinski definition) is 2. The maximum absolute atomic E-state index is 12.5. The van der Waals surface area contributed by atoms with Crippen LogP contribution in [0.5, 0.6) is 0 Å². The van der Waals surface area contributed by atoms with E-state index in [2.05, 4.69) is 4.72 Å². The summed E-state index contributed by atoms with van der Waals surface area (Å²) in [4.78, 5) is 25.9. The summed E-state index contributed by atoms with van der Waals surface area (Å²) >= 11 is 0. The molecule has 2 N–H and O–H groups in total. The van der Waals surface area contributed by atoms with Crippen molar-refractivity contribution in [2.24, 2.45) is 0 Å². The van der Waals surface area contributed by atoms with Crippen LogP contribution in [0.4, 0.5) is 0 Å². The van der Waals surface area contributed by atoms with Gasteiger partial charge in [-0.15, -0.1) is 0 Å². The molecule has 2 rings (SSSR count). The summed E-state index contributed by atoms with van der Waals surface area (Å²) in [5, 5.41) is 9.88. The highest BCUT2D eigenvalue weighted by molar-refractivity contribution is 7.89. The average molecular weight is 435 g/mol. The van der Waals surface area contributed by atoms with Gasteiger partial charge >= 0.3 is 5.97 Å². The van der Waals surface area contributed by atoms with E-state index in [0.717, 1.165) is 11.1 Å². The average Bonchev–Trinajstić information content (AvgIpc) is 2.70. The monoisotopic (exact) mass is 434 g/mol. The van der Waals surface area contributed by atoms with Gasteiger partial charge < -0.3 is 14.7 Å². The lowest BCUT2D eigenvalue weighted by atomic mass is 10.2. The standard InChI is InChI=1S/C21H26N2O6S/c1-15-9-11-18(12-10-15)30(27,28)22-20(16(2)24)21(26)29-14-19(25)23(3)13-17-7-5-4-6-8-17/h4-12,16,20,22,24H,13-14H2,1-3H3/t16-,20-/m1/s1. The fourth-order valence-electron chi connectivity index (χ4n) is 2.57. The van der Waals surface area contributed by atoms with Gasteiger partial charge in [-0.25, -0.2) is 8.42 Å². The third kappa shape index (κ3) is 6.65. The second-order valence-corrected chi connectivity index (χ2v) is 8.71. The SMILES string of the molecule is Cc1ccc(S(=O)(=O)N[C@@H](C(=O)OCC(=O)N(C)Cc2ccccc2)[C@@H](C)O)cc1. The lowest BCUT2D eigenvalue weighted by Crippen LogP contribution is -2.49. The zero-order chi connectivity index (χ0) is 22.3. The third-order valence-corrected chi connectivity index (χ3v) is 5.83. The molecule has 2 aromatic rings. The number of carbonyl (C=O) groups is 2. The Labute approximate surface area is 176 Å². The minimum absolute atomic E-state index is 0.0507. The Morgan fingerprint density at radius 1 is 1.10 bits per heavy atom. The Morgan fingerprint density at radius 2 is 1.70 bits per heavy atom. The molecule has 1 amide bonds. The van der Waals surface area contributed by atoms with Gasteiger partial charge in [-0.1, -0.05) is 48.0 Å². The fourth-order valence-corrected chi connectivity index (χ4v) is 3.83. The summed E-state index contributed by atoms with van der Waals surface area (Å²) in [6.07, 6.45) is -1.37. The molecule has 8 nitrogen and oxygen atoms in total. The molecule has 2 aromatic carbocycles. The highest BCUT2D eigenvalue weighted by atomic mass is 32.2. The molecule has 162 valence electrons. The maximum atomic E-state index is 12.5. The molecule has 0 aliphatic rings. The number of amides is 1. The van der Waals surface area contributed by atoms with E-state index in [1.807, 2.05) is 37.3 Å². The lowest BCUT2D eigenvalue weighted by molar-refractivity contribution is -0.155. The second-order valence-electron chi connectivity index (χ2n) is 7.00. The van der Waals surface area contributed by atoms with Crippen molar-refractivity contribution < 1.29 is 27.9 Å². The number of benzene rings is 2. The van der Waals surface area contributed by atoms with Crippen molar-refractivity contribution in [3.8, 4) is 0 Å². The normalized spacial score (nSPS) is 13.3. The Balaban J connectivity index is 1.98. The first-order valence-electron chi connectivity index (χ1n) is 9.32. The molecular weight excluding hydrogens is 408 g/mol. The number of rotatable bonds is 9. The molecule has 0 saturated carbocycles. The van der Waals surface area contributed by atoms with Gasteiger partial charge in [0, 0.05) is 13.6 Å². The van der Waals surface area contributed by atoms with E-state index in [4.69, 9.17) is 4.74 Å². The van der Waals surface area contributed by atoms with Crippen molar-refractivity contribution in [3.05, 3.63) is 65.7 Å². The number of nitrogens with one attached hydrogen (secondary N) is 1. The van der Waals surface area contributed by atoms with Crippen molar-refractivity contribution in [2.45, 2.75) is 37.4 Å². The molecule has 2 atom stereocenters. The van der Waals surface area contributed by atoms with Crippen molar-refractivity contribution in [1.82, 2.24) is 9.62 Å². The largest absolute Gasteiger partial charge is 0.454 e. The van der Waals surface area contributed by atoms with Crippen LogP contribution >= 0.6 is 0 Å². The summed E-state index contributed by atoms with van der Waals surface area (Å²) in [6, 6.07) is 13.7. The first kappa shape index (κ1) is 23.5. The third-order valence-electron chi connectivity index (χ3n) is 4.38. The van der Waals surface area contributed by atoms with Crippen LogP contribution in [0.1, 0.15) is 18.1 Å². The van der Waals surface area contributed by atoms with Crippen molar-refractivity contribution in [3.63, 3.8) is 0 Å². The number of nitrogens with zero attached hydrogens (tertiary/aromatic N) is 1. The smallest absolute Gasteiger partial charge is 0.327 e. The molecule has 0 saturated heterocycles. The zero-order valence-electron chi connectivity index (χ0n) is 17.1. The maximum Gasteiger partial charge on any atom is 0.327 e. The molecule has 0 fully saturated rings. The highest BCUT2D eigenvalue weighted by Crippen LogP contribution is 2.12. The molecule has 9 heteroatoms. The van der Waals surface area contributed by atoms with Crippen LogP contribution in [0.3, 0.4) is 0 Å². The van der Waals surface area contributed by atoms with Crippen LogP contribution in [-0.4, -0.2) is 56.1 Å². The van der Waals surface area contributed by atoms with Crippen LogP contribution in [0.15, 0.2) is 59.5 Å². The summed E-state index contributed by atoms with van der Waals surface area (Å²) in [5.74, 6) is -1.50. The summed E-state index contributed by atoms with van der Waals surface area (Å²) in [6.45, 7) is 2.83. The van der Waals surface area contributed by atoms with Gasteiger partial charge in [-0.3, -0.25) is 9.59 Å². The molecule has 0 aliphatic carbocycles. The lowest BCUT2D eigenvalue weighted by Gasteiger charge is -2.21. The van der Waals surface area contributed by atoms with E-state index >= 15 is 0 Å². The summed E-state index contributed by atoms with van der Waals surface area (Å²) in [5.41, 5.74) is 1.78. The molecule has 0 bridgehead atoms. The molecule has 0 aromatic heterocycles. The molecule has 0 spiro atoms. The van der Waals surface area contributed by atoms with Crippen LogP contribution in [-0.2, 0) is 30.9 Å². The molecule has 30 heavy (non-hydrogen) atoms. The minimum Gasteiger partial charge on any atom is -0.454 e. The van der Waals surface area contributed by atoms with Gasteiger partial charge in [0.2, 0.25) is 10.0 Å². The van der Waals surface area contributed by atoms with E-state index in [1.165, 1.54) is 24.0 Å². The van der Waals surface area contributed by atoms with Crippen molar-refractivity contribution in [1.29, 1.82) is 0 Å². The van der Waals surface area contributed by atoms with E-state index in [1.54, 1.807) is 19.2 Å². The predicted molar refractivity (Wildman–Crippen MR) is 111 cm³/mol. The van der Waals surface area contributed by atoms with Crippen molar-refractivity contribution >= 4 is 21.9 Å². The highest BCUT2D eigenvalue weighted by Gasteiger charge is 2.31. The Bertz CT molecular complexity index is 959. The molecule has 0 heterocycles. The predicted octanol–water partition coefficient (Wildman–Crippen LogP) is 1.22. The topological polar surface area (TPSA) is 113 Å². The number of likely N-dealkylation sites (N-methyl/N-ethyl adjacent to an activating group) is 1. The van der Waals surface area contributed by atoms with Crippen LogP contribution in [0.2, 0.25) is 0 Å². The number of esters is 1. The Morgan fingerprint density at radius 3 is 2.27 bits per heavy atom. The quantitative estimate of drug-likeness (QED) is 0.574. The van der Waals surface area contributed by atoms with Gasteiger partial charge in [-0.2, -0.15) is 4.72 Å². The molecular formula is C21H26N2O6S.